The molecule has 0 atom stereocenters. The molecule has 0 spiro atoms. The number of aromatic nitrogens is 3. The van der Waals surface area contributed by atoms with Crippen LogP contribution in [-0.4, -0.2) is 14.4 Å². The van der Waals surface area contributed by atoms with Crippen molar-refractivity contribution in [1.29, 1.82) is 0 Å². The first kappa shape index (κ1) is 13.1. The molecule has 0 aliphatic rings. The van der Waals surface area contributed by atoms with Gasteiger partial charge in [-0.2, -0.15) is 0 Å². The number of hydrogen-bond donors (Lipinski definition) is 1. The summed E-state index contributed by atoms with van der Waals surface area (Å²) in [6, 6.07) is 3.91. The number of thiazole rings is 2. The molecule has 1 aromatic carbocycles. The molecular formula is C14H11ClN4S2. The van der Waals surface area contributed by atoms with Crippen molar-refractivity contribution >= 4 is 55.1 Å². The van der Waals surface area contributed by atoms with Crippen molar-refractivity contribution in [1.82, 2.24) is 14.4 Å². The molecule has 0 fully saturated rings. The van der Waals surface area contributed by atoms with Crippen LogP contribution in [0.3, 0.4) is 0 Å². The van der Waals surface area contributed by atoms with Gasteiger partial charge in [0.25, 0.3) is 0 Å². The number of rotatable bonds is 3. The van der Waals surface area contributed by atoms with E-state index in [1.807, 2.05) is 36.1 Å². The number of fused-ring (bicyclic) bond motifs is 2. The van der Waals surface area contributed by atoms with Gasteiger partial charge in [0, 0.05) is 11.6 Å². The Bertz CT molecular complexity index is 937. The van der Waals surface area contributed by atoms with Gasteiger partial charge in [-0.25, -0.2) is 9.97 Å². The van der Waals surface area contributed by atoms with Crippen molar-refractivity contribution in [2.24, 2.45) is 0 Å². The van der Waals surface area contributed by atoms with E-state index in [0.717, 1.165) is 32.3 Å². The van der Waals surface area contributed by atoms with Gasteiger partial charge in [0.05, 0.1) is 38.9 Å². The lowest BCUT2D eigenvalue weighted by molar-refractivity contribution is 0.996. The minimum Gasteiger partial charge on any atom is -0.376 e. The molecule has 3 aromatic heterocycles. The van der Waals surface area contributed by atoms with Gasteiger partial charge < -0.3 is 5.32 Å². The second-order valence-electron chi connectivity index (χ2n) is 4.67. The summed E-state index contributed by atoms with van der Waals surface area (Å²) in [5.74, 6) is 0. The van der Waals surface area contributed by atoms with Gasteiger partial charge in [-0.15, -0.1) is 22.7 Å². The topological polar surface area (TPSA) is 42.2 Å². The summed E-state index contributed by atoms with van der Waals surface area (Å²) in [6.45, 7) is 2.70. The summed E-state index contributed by atoms with van der Waals surface area (Å²) >= 11 is 9.57. The minimum atomic E-state index is 0.667. The van der Waals surface area contributed by atoms with Gasteiger partial charge in [0.1, 0.15) is 5.52 Å². The molecule has 3 heterocycles. The third-order valence-corrected chi connectivity index (χ3v) is 5.31. The quantitative estimate of drug-likeness (QED) is 0.596. The van der Waals surface area contributed by atoms with Gasteiger partial charge >= 0.3 is 0 Å². The Kier molecular flexibility index (Phi) is 3.10. The van der Waals surface area contributed by atoms with E-state index in [2.05, 4.69) is 19.7 Å². The maximum absolute atomic E-state index is 6.32. The number of aryl methyl sites for hydroxylation is 1. The molecule has 1 N–H and O–H groups in total. The van der Waals surface area contributed by atoms with E-state index in [-0.39, 0.29) is 0 Å². The predicted molar refractivity (Wildman–Crippen MR) is 89.8 cm³/mol. The number of halogens is 1. The Morgan fingerprint density at radius 1 is 1.33 bits per heavy atom. The number of nitrogens with zero attached hydrogens (tertiary/aromatic N) is 3. The van der Waals surface area contributed by atoms with E-state index >= 15 is 0 Å². The highest BCUT2D eigenvalue weighted by molar-refractivity contribution is 7.16. The smallest absolute Gasteiger partial charge is 0.194 e. The predicted octanol–water partition coefficient (Wildman–Crippen LogP) is 4.58. The highest BCUT2D eigenvalue weighted by Crippen LogP contribution is 2.32. The fourth-order valence-corrected chi connectivity index (χ4v) is 4.08. The Labute approximate surface area is 134 Å². The molecule has 0 unspecified atom stereocenters. The molecule has 0 saturated heterocycles. The van der Waals surface area contributed by atoms with Crippen LogP contribution in [0.1, 0.15) is 11.4 Å². The van der Waals surface area contributed by atoms with Crippen LogP contribution in [0.25, 0.3) is 15.2 Å². The number of anilines is 1. The van der Waals surface area contributed by atoms with Crippen molar-refractivity contribution in [2.45, 2.75) is 13.5 Å². The highest BCUT2D eigenvalue weighted by Gasteiger charge is 2.12. The Hall–Kier alpha value is -1.63. The standard InChI is InChI=1S/C14H11ClN4S2/c1-8-10(19-4-5-20-14(19)18-8)6-16-12-9(15)2-3-11-13(12)17-7-21-11/h2-5,7,16H,6H2,1H3. The van der Waals surface area contributed by atoms with Crippen LogP contribution >= 0.6 is 34.3 Å². The van der Waals surface area contributed by atoms with Crippen LogP contribution in [-0.2, 0) is 6.54 Å². The summed E-state index contributed by atoms with van der Waals surface area (Å²) in [5.41, 5.74) is 5.84. The highest BCUT2D eigenvalue weighted by atomic mass is 35.5. The normalized spacial score (nSPS) is 11.5. The molecule has 0 aliphatic heterocycles. The van der Waals surface area contributed by atoms with Crippen molar-refractivity contribution in [3.63, 3.8) is 0 Å². The molecule has 4 aromatic rings. The lowest BCUT2D eigenvalue weighted by atomic mass is 10.2. The third-order valence-electron chi connectivity index (χ3n) is 3.45. The molecule has 4 rings (SSSR count). The number of hydrogen-bond acceptors (Lipinski definition) is 5. The average molecular weight is 335 g/mol. The van der Waals surface area contributed by atoms with Crippen LogP contribution < -0.4 is 5.32 Å². The molecule has 0 radical (unpaired) electrons. The number of imidazole rings is 1. The maximum Gasteiger partial charge on any atom is 0.194 e. The van der Waals surface area contributed by atoms with E-state index < -0.39 is 0 Å². The fourth-order valence-electron chi connectivity index (χ4n) is 2.40. The second kappa shape index (κ2) is 4.98. The Morgan fingerprint density at radius 2 is 2.24 bits per heavy atom. The summed E-state index contributed by atoms with van der Waals surface area (Å²) in [6.07, 6.45) is 2.04. The first-order valence-corrected chi connectivity index (χ1v) is 8.54. The summed E-state index contributed by atoms with van der Waals surface area (Å²) in [4.78, 5) is 9.98. The Morgan fingerprint density at radius 3 is 3.14 bits per heavy atom. The van der Waals surface area contributed by atoms with Crippen molar-refractivity contribution < 1.29 is 0 Å². The van der Waals surface area contributed by atoms with E-state index in [9.17, 15) is 0 Å². The van der Waals surface area contributed by atoms with E-state index in [1.165, 1.54) is 0 Å². The lowest BCUT2D eigenvalue weighted by Crippen LogP contribution is -2.04. The molecule has 106 valence electrons. The summed E-state index contributed by atoms with van der Waals surface area (Å²) in [7, 11) is 0. The van der Waals surface area contributed by atoms with E-state index in [0.29, 0.717) is 11.6 Å². The molecule has 4 nitrogen and oxygen atoms in total. The Balaban J connectivity index is 1.72. The van der Waals surface area contributed by atoms with Crippen molar-refractivity contribution in [2.75, 3.05) is 5.32 Å². The van der Waals surface area contributed by atoms with Crippen LogP contribution in [0.4, 0.5) is 5.69 Å². The van der Waals surface area contributed by atoms with Crippen molar-refractivity contribution in [3.8, 4) is 0 Å². The second-order valence-corrected chi connectivity index (χ2v) is 6.84. The van der Waals surface area contributed by atoms with Gasteiger partial charge in [-0.1, -0.05) is 11.6 Å². The minimum absolute atomic E-state index is 0.667. The van der Waals surface area contributed by atoms with Crippen molar-refractivity contribution in [3.05, 3.63) is 45.6 Å². The van der Waals surface area contributed by atoms with Gasteiger partial charge in [0.2, 0.25) is 0 Å². The van der Waals surface area contributed by atoms with E-state index in [4.69, 9.17) is 11.6 Å². The monoisotopic (exact) mass is 334 g/mol. The fraction of sp³-hybridized carbons (Fsp3) is 0.143. The van der Waals surface area contributed by atoms with Gasteiger partial charge in [0.15, 0.2) is 4.96 Å². The molecule has 0 aliphatic carbocycles. The summed E-state index contributed by atoms with van der Waals surface area (Å²) in [5, 5.41) is 6.16. The first-order valence-electron chi connectivity index (χ1n) is 6.40. The van der Waals surface area contributed by atoms with Gasteiger partial charge in [-0.05, 0) is 19.1 Å². The zero-order chi connectivity index (χ0) is 14.4. The largest absolute Gasteiger partial charge is 0.376 e. The molecular weight excluding hydrogens is 324 g/mol. The zero-order valence-electron chi connectivity index (χ0n) is 11.1. The summed E-state index contributed by atoms with van der Waals surface area (Å²) < 4.78 is 3.25. The SMILES string of the molecule is Cc1nc2sccn2c1CNc1c(Cl)ccc2scnc12. The molecule has 0 amide bonds. The number of nitrogens with one attached hydrogen (secondary N) is 1. The van der Waals surface area contributed by atoms with Crippen LogP contribution in [0, 0.1) is 6.92 Å². The molecule has 0 bridgehead atoms. The van der Waals surface area contributed by atoms with Gasteiger partial charge in [-0.3, -0.25) is 4.40 Å². The first-order chi connectivity index (χ1) is 10.2. The van der Waals surface area contributed by atoms with Crippen LogP contribution in [0.2, 0.25) is 5.02 Å². The zero-order valence-corrected chi connectivity index (χ0v) is 13.5. The molecule has 7 heteroatoms. The van der Waals surface area contributed by atoms with E-state index in [1.54, 1.807) is 22.7 Å². The molecule has 21 heavy (non-hydrogen) atoms. The van der Waals surface area contributed by atoms with Crippen LogP contribution in [0.15, 0.2) is 29.2 Å². The third kappa shape index (κ3) is 2.10. The lowest BCUT2D eigenvalue weighted by Gasteiger charge is -2.09. The van der Waals surface area contributed by atoms with Crippen LogP contribution in [0.5, 0.6) is 0 Å². The molecule has 0 saturated carbocycles. The number of benzene rings is 1. The average Bonchev–Trinajstić information content (AvgIpc) is 3.14. The maximum atomic E-state index is 6.32.